The van der Waals surface area contributed by atoms with E-state index in [0.29, 0.717) is 19.6 Å². The van der Waals surface area contributed by atoms with E-state index < -0.39 is 0 Å². The first-order valence-corrected chi connectivity index (χ1v) is 11.1. The smallest absolute Gasteiger partial charge is 0.224 e. The van der Waals surface area contributed by atoms with E-state index in [1.165, 1.54) is 0 Å². The normalized spacial score (nSPS) is 10.8. The fourth-order valence-corrected chi connectivity index (χ4v) is 3.74. The van der Waals surface area contributed by atoms with Crippen LogP contribution in [0.25, 0.3) is 16.7 Å². The highest BCUT2D eigenvalue weighted by molar-refractivity contribution is 5.79. The lowest BCUT2D eigenvalue weighted by atomic mass is 10.1. The Morgan fingerprint density at radius 3 is 2.35 bits per heavy atom. The molecule has 34 heavy (non-hydrogen) atoms. The van der Waals surface area contributed by atoms with Gasteiger partial charge in [0, 0.05) is 24.6 Å². The summed E-state index contributed by atoms with van der Waals surface area (Å²) in [5.74, 6) is 0.752. The van der Waals surface area contributed by atoms with Crippen molar-refractivity contribution in [3.63, 3.8) is 0 Å². The summed E-state index contributed by atoms with van der Waals surface area (Å²) in [6.45, 7) is 0.967. The number of carbonyl (C=O) groups excluding carboxylic acids is 1. The Morgan fingerprint density at radius 1 is 0.824 bits per heavy atom. The van der Waals surface area contributed by atoms with Gasteiger partial charge in [-0.25, -0.2) is 4.98 Å². The van der Waals surface area contributed by atoms with Gasteiger partial charge in [0.1, 0.15) is 18.7 Å². The highest BCUT2D eigenvalue weighted by atomic mass is 16.5. The topological polar surface area (TPSA) is 69.0 Å². The molecule has 2 aromatic heterocycles. The predicted molar refractivity (Wildman–Crippen MR) is 132 cm³/mol. The summed E-state index contributed by atoms with van der Waals surface area (Å²) < 4.78 is 7.84. The molecule has 0 fully saturated rings. The molecule has 6 heteroatoms. The van der Waals surface area contributed by atoms with Gasteiger partial charge in [-0.05, 0) is 65.2 Å². The van der Waals surface area contributed by atoms with Crippen molar-refractivity contribution in [2.75, 3.05) is 0 Å². The Hall–Kier alpha value is -4.45. The Kier molecular flexibility index (Phi) is 6.29. The van der Waals surface area contributed by atoms with Crippen LogP contribution in [-0.4, -0.2) is 20.4 Å². The van der Waals surface area contributed by atoms with Crippen molar-refractivity contribution in [1.82, 2.24) is 19.9 Å². The maximum absolute atomic E-state index is 12.4. The first kappa shape index (κ1) is 21.4. The summed E-state index contributed by atoms with van der Waals surface area (Å²) in [5.41, 5.74) is 6.11. The molecule has 0 aliphatic heterocycles. The molecule has 0 saturated heterocycles. The third kappa shape index (κ3) is 5.13. The molecule has 0 aliphatic carbocycles. The van der Waals surface area contributed by atoms with Gasteiger partial charge in [-0.15, -0.1) is 0 Å². The van der Waals surface area contributed by atoms with Crippen molar-refractivity contribution < 1.29 is 9.53 Å². The number of pyridine rings is 1. The van der Waals surface area contributed by atoms with E-state index in [2.05, 4.69) is 25.9 Å². The quantitative estimate of drug-likeness (QED) is 0.368. The lowest BCUT2D eigenvalue weighted by molar-refractivity contribution is -0.120. The van der Waals surface area contributed by atoms with E-state index >= 15 is 0 Å². The number of hydrogen-bond acceptors (Lipinski definition) is 4. The first-order chi connectivity index (χ1) is 16.7. The third-order valence-corrected chi connectivity index (χ3v) is 5.60. The van der Waals surface area contributed by atoms with E-state index in [9.17, 15) is 4.79 Å². The van der Waals surface area contributed by atoms with Crippen molar-refractivity contribution in [2.24, 2.45) is 0 Å². The van der Waals surface area contributed by atoms with Crippen molar-refractivity contribution in [3.8, 4) is 11.4 Å². The standard InChI is InChI=1S/C28H24N4O2/c33-28(17-21-7-11-25(12-8-21)34-19-23-13-15-29-16-14-23)30-18-22-5-9-24(10-6-22)32-20-31-26-3-1-2-4-27(26)32/h1-16,20H,17-19H2,(H,30,33). The van der Waals surface area contributed by atoms with Crippen molar-refractivity contribution in [3.05, 3.63) is 120 Å². The van der Waals surface area contributed by atoms with E-state index in [-0.39, 0.29) is 5.91 Å². The summed E-state index contributed by atoms with van der Waals surface area (Å²) in [5, 5.41) is 3.00. The number of aromatic nitrogens is 3. The van der Waals surface area contributed by atoms with Gasteiger partial charge in [-0.2, -0.15) is 0 Å². The largest absolute Gasteiger partial charge is 0.489 e. The van der Waals surface area contributed by atoms with Crippen LogP contribution in [0.2, 0.25) is 0 Å². The van der Waals surface area contributed by atoms with Crippen LogP contribution in [-0.2, 0) is 24.4 Å². The van der Waals surface area contributed by atoms with Gasteiger partial charge < -0.3 is 10.1 Å². The molecule has 2 heterocycles. The lowest BCUT2D eigenvalue weighted by Gasteiger charge is -2.09. The molecular formula is C28H24N4O2. The zero-order valence-electron chi connectivity index (χ0n) is 18.6. The number of ether oxygens (including phenoxy) is 1. The minimum Gasteiger partial charge on any atom is -0.489 e. The van der Waals surface area contributed by atoms with Crippen LogP contribution in [0.5, 0.6) is 5.75 Å². The first-order valence-electron chi connectivity index (χ1n) is 11.1. The summed E-state index contributed by atoms with van der Waals surface area (Å²) in [6, 6.07) is 27.7. The number of benzene rings is 3. The number of para-hydroxylation sites is 2. The third-order valence-electron chi connectivity index (χ3n) is 5.60. The van der Waals surface area contributed by atoms with Crippen LogP contribution in [0.4, 0.5) is 0 Å². The summed E-state index contributed by atoms with van der Waals surface area (Å²) in [7, 11) is 0. The molecule has 0 saturated carbocycles. The summed E-state index contributed by atoms with van der Waals surface area (Å²) >= 11 is 0. The SMILES string of the molecule is O=C(Cc1ccc(OCc2ccncc2)cc1)NCc1ccc(-n2cnc3ccccc32)cc1. The predicted octanol–water partition coefficient (Wildman–Crippen LogP) is 4.86. The number of hydrogen-bond donors (Lipinski definition) is 1. The van der Waals surface area contributed by atoms with Gasteiger partial charge in [0.25, 0.3) is 0 Å². The molecule has 1 N–H and O–H groups in total. The molecule has 0 atom stereocenters. The van der Waals surface area contributed by atoms with Crippen LogP contribution in [0, 0.1) is 0 Å². The zero-order valence-corrected chi connectivity index (χ0v) is 18.6. The van der Waals surface area contributed by atoms with E-state index in [4.69, 9.17) is 4.74 Å². The van der Waals surface area contributed by atoms with Crippen LogP contribution in [0.1, 0.15) is 16.7 Å². The van der Waals surface area contributed by atoms with Gasteiger partial charge in [-0.3, -0.25) is 14.3 Å². The maximum Gasteiger partial charge on any atom is 0.224 e. The van der Waals surface area contributed by atoms with Crippen LogP contribution < -0.4 is 10.1 Å². The second kappa shape index (κ2) is 10.0. The van der Waals surface area contributed by atoms with Crippen molar-refractivity contribution in [1.29, 1.82) is 0 Å². The number of carbonyl (C=O) groups is 1. The molecule has 5 aromatic rings. The number of imidazole rings is 1. The number of nitrogens with one attached hydrogen (secondary N) is 1. The minimum absolute atomic E-state index is 0.0184. The Balaban J connectivity index is 1.12. The molecule has 5 rings (SSSR count). The van der Waals surface area contributed by atoms with Gasteiger partial charge in [0.15, 0.2) is 0 Å². The molecule has 168 valence electrons. The van der Waals surface area contributed by atoms with Crippen LogP contribution >= 0.6 is 0 Å². The Labute approximate surface area is 197 Å². The van der Waals surface area contributed by atoms with E-state index in [0.717, 1.165) is 39.2 Å². The second-order valence-corrected chi connectivity index (χ2v) is 8.01. The van der Waals surface area contributed by atoms with Crippen molar-refractivity contribution >= 4 is 16.9 Å². The molecule has 6 nitrogen and oxygen atoms in total. The van der Waals surface area contributed by atoms with E-state index in [1.807, 2.05) is 85.2 Å². The molecule has 0 unspecified atom stereocenters. The number of fused-ring (bicyclic) bond motifs is 1. The lowest BCUT2D eigenvalue weighted by Crippen LogP contribution is -2.24. The molecule has 0 bridgehead atoms. The fraction of sp³-hybridized carbons (Fsp3) is 0.107. The van der Waals surface area contributed by atoms with Gasteiger partial charge >= 0.3 is 0 Å². The monoisotopic (exact) mass is 448 g/mol. The van der Waals surface area contributed by atoms with Gasteiger partial charge in [0.2, 0.25) is 5.91 Å². The Bertz CT molecular complexity index is 1380. The maximum atomic E-state index is 12.4. The van der Waals surface area contributed by atoms with Crippen LogP contribution in [0.15, 0.2) is 104 Å². The summed E-state index contributed by atoms with van der Waals surface area (Å²) in [6.07, 6.45) is 5.65. The van der Waals surface area contributed by atoms with Crippen molar-refractivity contribution in [2.45, 2.75) is 19.6 Å². The van der Waals surface area contributed by atoms with E-state index in [1.54, 1.807) is 12.4 Å². The Morgan fingerprint density at radius 2 is 1.56 bits per heavy atom. The molecule has 0 radical (unpaired) electrons. The average Bonchev–Trinajstić information content (AvgIpc) is 3.32. The molecule has 0 aliphatic rings. The number of nitrogens with zero attached hydrogens (tertiary/aromatic N) is 3. The highest BCUT2D eigenvalue weighted by Crippen LogP contribution is 2.18. The second-order valence-electron chi connectivity index (χ2n) is 8.01. The highest BCUT2D eigenvalue weighted by Gasteiger charge is 2.06. The molecular weight excluding hydrogens is 424 g/mol. The number of rotatable bonds is 8. The minimum atomic E-state index is -0.0184. The van der Waals surface area contributed by atoms with Crippen LogP contribution in [0.3, 0.4) is 0 Å². The summed E-state index contributed by atoms with van der Waals surface area (Å²) in [4.78, 5) is 20.9. The molecule has 1 amide bonds. The zero-order chi connectivity index (χ0) is 23.2. The van der Waals surface area contributed by atoms with Gasteiger partial charge in [-0.1, -0.05) is 36.4 Å². The fourth-order valence-electron chi connectivity index (χ4n) is 3.74. The molecule has 0 spiro atoms. The van der Waals surface area contributed by atoms with Gasteiger partial charge in [0.05, 0.1) is 17.5 Å². The molecule has 3 aromatic carbocycles. The number of amides is 1. The average molecular weight is 449 g/mol.